The highest BCUT2D eigenvalue weighted by Gasteiger charge is 2.28. The van der Waals surface area contributed by atoms with Crippen LogP contribution in [0.4, 0.5) is 0 Å². The summed E-state index contributed by atoms with van der Waals surface area (Å²) in [5.41, 5.74) is -0.533. The van der Waals surface area contributed by atoms with E-state index in [2.05, 4.69) is 15.2 Å². The molecule has 1 aromatic heterocycles. The van der Waals surface area contributed by atoms with Crippen LogP contribution in [-0.2, 0) is 16.1 Å². The quantitative estimate of drug-likeness (QED) is 0.736. The molecule has 0 unspecified atom stereocenters. The van der Waals surface area contributed by atoms with Gasteiger partial charge in [0.05, 0.1) is 25.3 Å². The third-order valence-electron chi connectivity index (χ3n) is 2.10. The van der Waals surface area contributed by atoms with Crippen LogP contribution in [0.25, 0.3) is 0 Å². The van der Waals surface area contributed by atoms with Crippen molar-refractivity contribution in [3.05, 3.63) is 18.0 Å². The van der Waals surface area contributed by atoms with Gasteiger partial charge in [0.2, 0.25) is 0 Å². The van der Waals surface area contributed by atoms with Gasteiger partial charge in [-0.2, -0.15) is 0 Å². The molecule has 0 spiro atoms. The molecule has 0 aliphatic rings. The maximum Gasteiger partial charge on any atom is 0.312 e. The zero-order valence-electron chi connectivity index (χ0n) is 9.24. The highest BCUT2D eigenvalue weighted by molar-refractivity contribution is 5.76. The van der Waals surface area contributed by atoms with Crippen LogP contribution in [0, 0.1) is 5.41 Å². The van der Waals surface area contributed by atoms with Crippen molar-refractivity contribution in [3.63, 3.8) is 0 Å². The fourth-order valence-corrected chi connectivity index (χ4v) is 1.18. The number of hydrogen-bond donors (Lipinski definition) is 1. The van der Waals surface area contributed by atoms with Crippen molar-refractivity contribution in [1.82, 2.24) is 10.5 Å². The Morgan fingerprint density at radius 3 is 2.93 bits per heavy atom. The SMILES string of the molecule is COC(=O)C(C)(C)CNCc1ccno1. The number of ether oxygens (including phenoxy) is 1. The lowest BCUT2D eigenvalue weighted by Crippen LogP contribution is -2.36. The van der Waals surface area contributed by atoms with E-state index < -0.39 is 5.41 Å². The van der Waals surface area contributed by atoms with E-state index in [1.54, 1.807) is 12.3 Å². The van der Waals surface area contributed by atoms with Gasteiger partial charge in [0.15, 0.2) is 0 Å². The first kappa shape index (κ1) is 11.7. The van der Waals surface area contributed by atoms with Crippen LogP contribution in [0.5, 0.6) is 0 Å². The molecule has 1 aromatic rings. The molecule has 0 aliphatic heterocycles. The molecule has 1 N–H and O–H groups in total. The van der Waals surface area contributed by atoms with E-state index >= 15 is 0 Å². The molecule has 1 heterocycles. The number of aromatic nitrogens is 1. The van der Waals surface area contributed by atoms with E-state index in [0.29, 0.717) is 13.1 Å². The first-order valence-electron chi connectivity index (χ1n) is 4.75. The normalized spacial score (nSPS) is 11.4. The molecule has 0 aliphatic carbocycles. The highest BCUT2D eigenvalue weighted by atomic mass is 16.5. The molecular weight excluding hydrogens is 196 g/mol. The van der Waals surface area contributed by atoms with Gasteiger partial charge in [-0.3, -0.25) is 4.79 Å². The molecule has 0 bridgehead atoms. The molecule has 15 heavy (non-hydrogen) atoms. The monoisotopic (exact) mass is 212 g/mol. The van der Waals surface area contributed by atoms with E-state index in [0.717, 1.165) is 5.76 Å². The lowest BCUT2D eigenvalue weighted by Gasteiger charge is -2.21. The van der Waals surface area contributed by atoms with Crippen molar-refractivity contribution in [2.24, 2.45) is 5.41 Å². The molecule has 5 heteroatoms. The van der Waals surface area contributed by atoms with Crippen LogP contribution in [0.2, 0.25) is 0 Å². The van der Waals surface area contributed by atoms with Gasteiger partial charge in [-0.15, -0.1) is 0 Å². The average molecular weight is 212 g/mol. The number of carbonyl (C=O) groups excluding carboxylic acids is 1. The van der Waals surface area contributed by atoms with Gasteiger partial charge in [0.1, 0.15) is 5.76 Å². The number of nitrogens with one attached hydrogen (secondary N) is 1. The summed E-state index contributed by atoms with van der Waals surface area (Å²) in [7, 11) is 1.39. The summed E-state index contributed by atoms with van der Waals surface area (Å²) in [5, 5.41) is 6.69. The number of esters is 1. The van der Waals surface area contributed by atoms with Gasteiger partial charge < -0.3 is 14.6 Å². The fourth-order valence-electron chi connectivity index (χ4n) is 1.18. The zero-order valence-corrected chi connectivity index (χ0v) is 9.24. The van der Waals surface area contributed by atoms with Crippen molar-refractivity contribution < 1.29 is 14.1 Å². The molecule has 0 aromatic carbocycles. The van der Waals surface area contributed by atoms with E-state index in [4.69, 9.17) is 4.52 Å². The number of carbonyl (C=O) groups is 1. The predicted molar refractivity (Wildman–Crippen MR) is 54.0 cm³/mol. The van der Waals surface area contributed by atoms with Crippen molar-refractivity contribution in [3.8, 4) is 0 Å². The Bertz CT molecular complexity index is 306. The highest BCUT2D eigenvalue weighted by Crippen LogP contribution is 2.15. The maximum atomic E-state index is 11.3. The first-order chi connectivity index (χ1) is 7.06. The molecule has 0 amide bonds. The van der Waals surface area contributed by atoms with Crippen molar-refractivity contribution in [1.29, 1.82) is 0 Å². The van der Waals surface area contributed by atoms with Gasteiger partial charge >= 0.3 is 5.97 Å². The average Bonchev–Trinajstić information content (AvgIpc) is 2.69. The van der Waals surface area contributed by atoms with Crippen LogP contribution >= 0.6 is 0 Å². The molecule has 0 saturated carbocycles. The molecule has 0 saturated heterocycles. The zero-order chi connectivity index (χ0) is 11.3. The van der Waals surface area contributed by atoms with Gasteiger partial charge in [0.25, 0.3) is 0 Å². The Hall–Kier alpha value is -1.36. The molecule has 84 valence electrons. The first-order valence-corrected chi connectivity index (χ1v) is 4.75. The second-order valence-electron chi connectivity index (χ2n) is 3.96. The summed E-state index contributed by atoms with van der Waals surface area (Å²) in [4.78, 5) is 11.3. The Kier molecular flexibility index (Phi) is 3.85. The third-order valence-corrected chi connectivity index (χ3v) is 2.10. The minimum absolute atomic E-state index is 0.229. The Morgan fingerprint density at radius 2 is 2.40 bits per heavy atom. The minimum atomic E-state index is -0.533. The number of rotatable bonds is 5. The number of nitrogens with zero attached hydrogens (tertiary/aromatic N) is 1. The summed E-state index contributed by atoms with van der Waals surface area (Å²) in [6, 6.07) is 1.78. The van der Waals surface area contributed by atoms with Gasteiger partial charge in [0, 0.05) is 12.6 Å². The lowest BCUT2D eigenvalue weighted by atomic mass is 9.94. The van der Waals surface area contributed by atoms with Crippen molar-refractivity contribution >= 4 is 5.97 Å². The van der Waals surface area contributed by atoms with Crippen LogP contribution < -0.4 is 5.32 Å². The van der Waals surface area contributed by atoms with Crippen LogP contribution in [0.3, 0.4) is 0 Å². The summed E-state index contributed by atoms with van der Waals surface area (Å²) in [6.45, 7) is 4.74. The third kappa shape index (κ3) is 3.36. The van der Waals surface area contributed by atoms with Crippen LogP contribution in [0.1, 0.15) is 19.6 Å². The molecule has 5 nitrogen and oxygen atoms in total. The van der Waals surface area contributed by atoms with E-state index in [1.165, 1.54) is 7.11 Å². The summed E-state index contributed by atoms with van der Waals surface area (Å²) in [6.07, 6.45) is 1.59. The fraction of sp³-hybridized carbons (Fsp3) is 0.600. The second kappa shape index (κ2) is 4.93. The molecule has 0 radical (unpaired) electrons. The predicted octanol–water partition coefficient (Wildman–Crippen LogP) is 0.963. The maximum absolute atomic E-state index is 11.3. The molecule has 0 atom stereocenters. The molecule has 0 fully saturated rings. The Labute approximate surface area is 88.8 Å². The smallest absolute Gasteiger partial charge is 0.312 e. The van der Waals surface area contributed by atoms with Gasteiger partial charge in [-0.25, -0.2) is 0 Å². The van der Waals surface area contributed by atoms with Gasteiger partial charge in [-0.1, -0.05) is 5.16 Å². The van der Waals surface area contributed by atoms with Crippen LogP contribution in [0.15, 0.2) is 16.8 Å². The Morgan fingerprint density at radius 1 is 1.67 bits per heavy atom. The van der Waals surface area contributed by atoms with E-state index in [9.17, 15) is 4.79 Å². The number of hydrogen-bond acceptors (Lipinski definition) is 5. The molecule has 1 rings (SSSR count). The van der Waals surface area contributed by atoms with E-state index in [-0.39, 0.29) is 5.97 Å². The molecular formula is C10H16N2O3. The van der Waals surface area contributed by atoms with Crippen molar-refractivity contribution in [2.75, 3.05) is 13.7 Å². The summed E-state index contributed by atoms with van der Waals surface area (Å²) >= 11 is 0. The standard InChI is InChI=1S/C10H16N2O3/c1-10(2,9(13)14-3)7-11-6-8-4-5-12-15-8/h4-5,11H,6-7H2,1-3H3. The summed E-state index contributed by atoms with van der Waals surface area (Å²) in [5.74, 6) is 0.517. The minimum Gasteiger partial charge on any atom is -0.469 e. The van der Waals surface area contributed by atoms with Gasteiger partial charge in [-0.05, 0) is 13.8 Å². The largest absolute Gasteiger partial charge is 0.469 e. The topological polar surface area (TPSA) is 64.4 Å². The Balaban J connectivity index is 2.33. The van der Waals surface area contributed by atoms with Crippen LogP contribution in [-0.4, -0.2) is 24.8 Å². The lowest BCUT2D eigenvalue weighted by molar-refractivity contribution is -0.150. The van der Waals surface area contributed by atoms with E-state index in [1.807, 2.05) is 13.8 Å². The van der Waals surface area contributed by atoms with Crippen molar-refractivity contribution in [2.45, 2.75) is 20.4 Å². The second-order valence-corrected chi connectivity index (χ2v) is 3.96. The number of methoxy groups -OCH3 is 1. The summed E-state index contributed by atoms with van der Waals surface area (Å²) < 4.78 is 9.59.